The van der Waals surface area contributed by atoms with Gasteiger partial charge in [0.2, 0.25) is 0 Å². The predicted molar refractivity (Wildman–Crippen MR) is 135 cm³/mol. The van der Waals surface area contributed by atoms with Crippen LogP contribution in [-0.4, -0.2) is 18.2 Å². The zero-order chi connectivity index (χ0) is 24.2. The molecule has 4 nitrogen and oxygen atoms in total. The number of carbonyl (C=O) groups excluding carboxylic acids is 2. The molecule has 0 amide bonds. The number of fused-ring (bicyclic) bond motifs is 1. The molecule has 3 aromatic carbocycles. The van der Waals surface area contributed by atoms with E-state index in [-0.39, 0.29) is 23.7 Å². The van der Waals surface area contributed by atoms with Gasteiger partial charge in [0.05, 0.1) is 12.2 Å². The van der Waals surface area contributed by atoms with Crippen molar-refractivity contribution in [3.63, 3.8) is 0 Å². The summed E-state index contributed by atoms with van der Waals surface area (Å²) in [6, 6.07) is 15.7. The third-order valence-electron chi connectivity index (χ3n) is 5.42. The first-order valence-electron chi connectivity index (χ1n) is 10.8. The fourth-order valence-corrected chi connectivity index (χ4v) is 4.32. The second kappa shape index (κ2) is 10.3. The molecule has 4 rings (SSSR count). The molecule has 0 spiro atoms. The van der Waals surface area contributed by atoms with Crippen molar-refractivity contribution in [2.45, 2.75) is 20.0 Å². The maximum atomic E-state index is 12.8. The highest BCUT2D eigenvalue weighted by Gasteiger charge is 2.32. The molecule has 0 aliphatic heterocycles. The Bertz CT molecular complexity index is 1290. The molecule has 1 aliphatic carbocycles. The highest BCUT2D eigenvalue weighted by molar-refractivity contribution is 6.41. The molecule has 0 atom stereocenters. The minimum Gasteiger partial charge on any atom is -0.490 e. The topological polar surface area (TPSA) is 52.6 Å². The zero-order valence-corrected chi connectivity index (χ0v) is 20.1. The molecule has 0 saturated carbocycles. The number of hydrogen-bond acceptors (Lipinski definition) is 4. The van der Waals surface area contributed by atoms with E-state index in [1.165, 1.54) is 0 Å². The number of ether oxygens (including phenoxy) is 2. The van der Waals surface area contributed by atoms with Gasteiger partial charge < -0.3 is 9.47 Å². The zero-order valence-electron chi connectivity index (χ0n) is 18.6. The van der Waals surface area contributed by atoms with Crippen LogP contribution in [0.15, 0.2) is 72.8 Å². The van der Waals surface area contributed by atoms with Gasteiger partial charge in [0, 0.05) is 32.3 Å². The molecule has 0 heterocycles. The van der Waals surface area contributed by atoms with Gasteiger partial charge >= 0.3 is 0 Å². The number of carbonyl (C=O) groups is 2. The molecular weight excluding hydrogens is 471 g/mol. The summed E-state index contributed by atoms with van der Waals surface area (Å²) in [7, 11) is 0. The van der Waals surface area contributed by atoms with Crippen LogP contribution in [0.1, 0.15) is 44.3 Å². The van der Waals surface area contributed by atoms with Gasteiger partial charge in [0.1, 0.15) is 6.61 Å². The maximum Gasteiger partial charge on any atom is 0.197 e. The van der Waals surface area contributed by atoms with Gasteiger partial charge in [-0.25, -0.2) is 0 Å². The standard InChI is InChI=1S/C28H22Cl2O4/c1-3-7-18-12-17(13-23-26(31)21-8-5-6-9-22(21)27(23)32)14-25(33-4-2)28(18)34-16-19-10-11-20(29)15-24(19)30/h3,5-6,8-15H,1,4,7,16H2,2H3. The van der Waals surface area contributed by atoms with Crippen LogP contribution in [0.3, 0.4) is 0 Å². The average molecular weight is 493 g/mol. The van der Waals surface area contributed by atoms with Gasteiger partial charge in [-0.05, 0) is 49.2 Å². The smallest absolute Gasteiger partial charge is 0.197 e. The molecule has 172 valence electrons. The van der Waals surface area contributed by atoms with Crippen LogP contribution < -0.4 is 9.47 Å². The number of benzene rings is 3. The molecule has 0 radical (unpaired) electrons. The normalized spacial score (nSPS) is 12.5. The van der Waals surface area contributed by atoms with E-state index >= 15 is 0 Å². The molecule has 0 fully saturated rings. The highest BCUT2D eigenvalue weighted by atomic mass is 35.5. The van der Waals surface area contributed by atoms with E-state index in [4.69, 9.17) is 32.7 Å². The molecule has 6 heteroatoms. The Morgan fingerprint density at radius 3 is 2.24 bits per heavy atom. The van der Waals surface area contributed by atoms with Crippen LogP contribution in [0.2, 0.25) is 10.0 Å². The van der Waals surface area contributed by atoms with Crippen LogP contribution in [0.4, 0.5) is 0 Å². The lowest BCUT2D eigenvalue weighted by atomic mass is 10.0. The minimum atomic E-state index is -0.276. The second-order valence-electron chi connectivity index (χ2n) is 7.72. The Balaban J connectivity index is 1.72. The van der Waals surface area contributed by atoms with Crippen molar-refractivity contribution in [3.8, 4) is 11.5 Å². The monoisotopic (exact) mass is 492 g/mol. The SMILES string of the molecule is C=CCc1cc(C=C2C(=O)c3ccccc3C2=O)cc(OCC)c1OCc1ccc(Cl)cc1Cl. The fraction of sp³-hybridized carbons (Fsp3) is 0.143. The van der Waals surface area contributed by atoms with Crippen LogP contribution in [0.25, 0.3) is 6.08 Å². The van der Waals surface area contributed by atoms with Crippen LogP contribution in [-0.2, 0) is 13.0 Å². The van der Waals surface area contributed by atoms with Crippen LogP contribution in [0.5, 0.6) is 11.5 Å². The van der Waals surface area contributed by atoms with Crippen molar-refractivity contribution in [1.29, 1.82) is 0 Å². The Labute approximate surface area is 208 Å². The minimum absolute atomic E-state index is 0.134. The first kappa shape index (κ1) is 23.8. The molecule has 34 heavy (non-hydrogen) atoms. The predicted octanol–water partition coefficient (Wildman–Crippen LogP) is 7.16. The number of rotatable bonds is 8. The Morgan fingerprint density at radius 2 is 1.62 bits per heavy atom. The number of Topliss-reactive ketones (excluding diaryl/α,β-unsaturated/α-hetero) is 2. The first-order valence-corrected chi connectivity index (χ1v) is 11.6. The summed E-state index contributed by atoms with van der Waals surface area (Å²) in [5.74, 6) is 0.513. The highest BCUT2D eigenvalue weighted by Crippen LogP contribution is 2.37. The lowest BCUT2D eigenvalue weighted by molar-refractivity contribution is 0.0990. The number of hydrogen-bond donors (Lipinski definition) is 0. The summed E-state index contributed by atoms with van der Waals surface area (Å²) in [6.45, 7) is 6.34. The van der Waals surface area contributed by atoms with Gasteiger partial charge in [0.25, 0.3) is 0 Å². The average Bonchev–Trinajstić information content (AvgIpc) is 3.05. The van der Waals surface area contributed by atoms with Gasteiger partial charge in [-0.1, -0.05) is 59.6 Å². The van der Waals surface area contributed by atoms with E-state index in [0.29, 0.717) is 51.3 Å². The molecule has 3 aromatic rings. The third-order valence-corrected chi connectivity index (χ3v) is 6.01. The lowest BCUT2D eigenvalue weighted by Crippen LogP contribution is -2.04. The fourth-order valence-electron chi connectivity index (χ4n) is 3.86. The van der Waals surface area contributed by atoms with Gasteiger partial charge in [-0.2, -0.15) is 0 Å². The largest absolute Gasteiger partial charge is 0.490 e. The summed E-state index contributed by atoms with van der Waals surface area (Å²) >= 11 is 12.3. The molecule has 0 aromatic heterocycles. The molecule has 0 unspecified atom stereocenters. The number of allylic oxidation sites excluding steroid dienone is 2. The summed E-state index contributed by atoms with van der Waals surface area (Å²) < 4.78 is 12.0. The summed E-state index contributed by atoms with van der Waals surface area (Å²) in [5, 5.41) is 1.06. The summed E-state index contributed by atoms with van der Waals surface area (Å²) in [4.78, 5) is 25.7. The van der Waals surface area contributed by atoms with E-state index in [1.807, 2.05) is 19.1 Å². The Morgan fingerprint density at radius 1 is 0.912 bits per heavy atom. The van der Waals surface area contributed by atoms with E-state index < -0.39 is 0 Å². The number of halogens is 2. The quantitative estimate of drug-likeness (QED) is 0.190. The van der Waals surface area contributed by atoms with Gasteiger partial charge in [0.15, 0.2) is 23.1 Å². The summed E-state index contributed by atoms with van der Waals surface area (Å²) in [5.41, 5.74) is 3.25. The lowest BCUT2D eigenvalue weighted by Gasteiger charge is -2.17. The van der Waals surface area contributed by atoms with Gasteiger partial charge in [-0.15, -0.1) is 6.58 Å². The van der Waals surface area contributed by atoms with Crippen LogP contribution in [0, 0.1) is 0 Å². The molecular formula is C28H22Cl2O4. The van der Waals surface area contributed by atoms with Crippen LogP contribution >= 0.6 is 23.2 Å². The second-order valence-corrected chi connectivity index (χ2v) is 8.56. The van der Waals surface area contributed by atoms with E-state index in [1.54, 1.807) is 54.6 Å². The molecule has 0 saturated heterocycles. The molecule has 0 bridgehead atoms. The number of ketones is 2. The van der Waals surface area contributed by atoms with E-state index in [9.17, 15) is 9.59 Å². The van der Waals surface area contributed by atoms with E-state index in [2.05, 4.69) is 6.58 Å². The van der Waals surface area contributed by atoms with E-state index in [0.717, 1.165) is 11.1 Å². The maximum absolute atomic E-state index is 12.8. The summed E-state index contributed by atoms with van der Waals surface area (Å²) in [6.07, 6.45) is 3.87. The van der Waals surface area contributed by atoms with Gasteiger partial charge in [-0.3, -0.25) is 9.59 Å². The van der Waals surface area contributed by atoms with Crippen molar-refractivity contribution in [1.82, 2.24) is 0 Å². The third kappa shape index (κ3) is 4.79. The Kier molecular flexibility index (Phi) is 7.20. The van der Waals surface area contributed by atoms with Crippen molar-refractivity contribution in [3.05, 3.63) is 111 Å². The van der Waals surface area contributed by atoms with Crippen molar-refractivity contribution < 1.29 is 19.1 Å². The van der Waals surface area contributed by atoms with Crippen molar-refractivity contribution in [2.24, 2.45) is 0 Å². The van der Waals surface area contributed by atoms with Crippen molar-refractivity contribution >= 4 is 40.8 Å². The Hall–Kier alpha value is -3.34. The molecule has 1 aliphatic rings. The first-order chi connectivity index (χ1) is 16.4. The van der Waals surface area contributed by atoms with Crippen molar-refractivity contribution in [2.75, 3.05) is 6.61 Å². The molecule has 0 N–H and O–H groups in total.